The van der Waals surface area contributed by atoms with Crippen LogP contribution in [0.3, 0.4) is 0 Å². The van der Waals surface area contributed by atoms with E-state index in [0.29, 0.717) is 0 Å². The molecule has 1 unspecified atom stereocenters. The molecule has 4 aromatic rings. The van der Waals surface area contributed by atoms with Gasteiger partial charge >= 0.3 is 0 Å². The van der Waals surface area contributed by atoms with Gasteiger partial charge < -0.3 is 10.1 Å². The van der Waals surface area contributed by atoms with Crippen LogP contribution in [0.1, 0.15) is 16.4 Å². The highest BCUT2D eigenvalue weighted by Gasteiger charge is 2.30. The third-order valence-electron chi connectivity index (χ3n) is 6.93. The molecule has 0 spiro atoms. The first kappa shape index (κ1) is 24.5. The Balaban J connectivity index is 1.27. The summed E-state index contributed by atoms with van der Waals surface area (Å²) in [4.78, 5) is 7.01. The number of anilines is 1. The maximum absolute atomic E-state index is 6.98. The van der Waals surface area contributed by atoms with E-state index in [1.165, 1.54) is 0 Å². The molecule has 1 saturated heterocycles. The van der Waals surface area contributed by atoms with Gasteiger partial charge in [0.15, 0.2) is 0 Å². The lowest BCUT2D eigenvalue weighted by atomic mass is 9.99. The van der Waals surface area contributed by atoms with Crippen LogP contribution < -0.4 is 5.32 Å². The molecule has 0 bridgehead atoms. The van der Waals surface area contributed by atoms with Gasteiger partial charge in [0, 0.05) is 67.5 Å². The molecule has 0 aliphatic carbocycles. The van der Waals surface area contributed by atoms with Gasteiger partial charge in [-0.15, -0.1) is 11.8 Å². The summed E-state index contributed by atoms with van der Waals surface area (Å²) in [6.07, 6.45) is 5.84. The zero-order chi connectivity index (χ0) is 25.2. The second kappa shape index (κ2) is 10.9. The van der Waals surface area contributed by atoms with Crippen molar-refractivity contribution in [2.24, 2.45) is 7.05 Å². The lowest BCUT2D eigenvalue weighted by molar-refractivity contribution is 0.0360. The third kappa shape index (κ3) is 5.13. The van der Waals surface area contributed by atoms with E-state index in [1.807, 2.05) is 58.8 Å². The fourth-order valence-electron chi connectivity index (χ4n) is 4.99. The van der Waals surface area contributed by atoms with E-state index in [9.17, 15) is 0 Å². The van der Waals surface area contributed by atoms with Crippen LogP contribution in [0.5, 0.6) is 0 Å². The Morgan fingerprint density at radius 3 is 2.84 bits per heavy atom. The van der Waals surface area contributed by atoms with Gasteiger partial charge in [-0.3, -0.25) is 19.2 Å². The standard InChI is InChI=1S/C27H30ClN7OS/c1-33-27-24(25(32-33)23-4-2-3-7-29-23)26(37-15-8-30-27)21-6-5-19(16-22(21)28)20-17-31-35(18-20)10-9-34-11-13-36-14-12-34/h2-7,16-18,26,30H,8-15H2,1H3. The van der Waals surface area contributed by atoms with Crippen molar-refractivity contribution >= 4 is 29.2 Å². The smallest absolute Gasteiger partial charge is 0.129 e. The fraction of sp³-hybridized carbons (Fsp3) is 0.370. The molecule has 0 amide bonds. The van der Waals surface area contributed by atoms with Crippen LogP contribution in [-0.4, -0.2) is 74.6 Å². The Kier molecular flexibility index (Phi) is 7.19. The number of rotatable bonds is 6. The third-order valence-corrected chi connectivity index (χ3v) is 8.52. The minimum Gasteiger partial charge on any atom is -0.379 e. The van der Waals surface area contributed by atoms with Gasteiger partial charge in [-0.1, -0.05) is 29.8 Å². The Morgan fingerprint density at radius 1 is 1.14 bits per heavy atom. The van der Waals surface area contributed by atoms with Gasteiger partial charge in [0.2, 0.25) is 0 Å². The molecular formula is C27H30ClN7OS. The summed E-state index contributed by atoms with van der Waals surface area (Å²) >= 11 is 8.87. The second-order valence-electron chi connectivity index (χ2n) is 9.31. The van der Waals surface area contributed by atoms with E-state index in [-0.39, 0.29) is 5.25 Å². The summed E-state index contributed by atoms with van der Waals surface area (Å²) in [6.45, 7) is 6.31. The lowest BCUT2D eigenvalue weighted by Gasteiger charge is -2.26. The number of hydrogen-bond donors (Lipinski definition) is 1. The van der Waals surface area contributed by atoms with Gasteiger partial charge in [0.1, 0.15) is 11.5 Å². The van der Waals surface area contributed by atoms with Gasteiger partial charge in [-0.05, 0) is 29.3 Å². The number of nitrogens with one attached hydrogen (secondary N) is 1. The minimum atomic E-state index is 0.0495. The highest BCUT2D eigenvalue weighted by atomic mass is 35.5. The molecule has 6 rings (SSSR count). The molecule has 1 atom stereocenters. The molecule has 10 heteroatoms. The lowest BCUT2D eigenvalue weighted by Crippen LogP contribution is -2.38. The van der Waals surface area contributed by atoms with Crippen LogP contribution in [0.15, 0.2) is 55.0 Å². The number of thioether (sulfide) groups is 1. The summed E-state index contributed by atoms with van der Waals surface area (Å²) < 4.78 is 9.38. The largest absolute Gasteiger partial charge is 0.379 e. The van der Waals surface area contributed by atoms with Crippen LogP contribution in [0.4, 0.5) is 5.82 Å². The van der Waals surface area contributed by atoms with Gasteiger partial charge in [-0.25, -0.2) is 0 Å². The molecule has 8 nitrogen and oxygen atoms in total. The Bertz CT molecular complexity index is 1370. The minimum absolute atomic E-state index is 0.0495. The molecule has 1 aromatic carbocycles. The number of ether oxygens (including phenoxy) is 1. The zero-order valence-corrected chi connectivity index (χ0v) is 22.4. The summed E-state index contributed by atoms with van der Waals surface area (Å²) in [5.41, 5.74) is 6.12. The van der Waals surface area contributed by atoms with Crippen molar-refractivity contribution < 1.29 is 4.74 Å². The molecule has 3 aromatic heterocycles. The first-order valence-corrected chi connectivity index (χ1v) is 14.1. The fourth-order valence-corrected chi connectivity index (χ4v) is 6.57. The molecule has 37 heavy (non-hydrogen) atoms. The van der Waals surface area contributed by atoms with Crippen LogP contribution >= 0.6 is 23.4 Å². The molecule has 0 radical (unpaired) electrons. The summed E-state index contributed by atoms with van der Waals surface area (Å²) in [7, 11) is 1.98. The van der Waals surface area contributed by atoms with Crippen molar-refractivity contribution in [2.75, 3.05) is 50.5 Å². The molecular weight excluding hydrogens is 506 g/mol. The van der Waals surface area contributed by atoms with E-state index in [2.05, 4.69) is 44.7 Å². The zero-order valence-electron chi connectivity index (χ0n) is 20.8. The predicted octanol–water partition coefficient (Wildman–Crippen LogP) is 4.58. The van der Waals surface area contributed by atoms with Gasteiger partial charge in [-0.2, -0.15) is 10.2 Å². The van der Waals surface area contributed by atoms with E-state index in [1.54, 1.807) is 0 Å². The molecule has 0 saturated carbocycles. The number of nitrogens with zero attached hydrogens (tertiary/aromatic N) is 6. The molecule has 2 aliphatic rings. The monoisotopic (exact) mass is 535 g/mol. The van der Waals surface area contributed by atoms with Crippen molar-refractivity contribution in [3.05, 3.63) is 71.1 Å². The number of pyridine rings is 1. The predicted molar refractivity (Wildman–Crippen MR) is 149 cm³/mol. The quantitative estimate of drug-likeness (QED) is 0.387. The average molecular weight is 536 g/mol. The number of aromatic nitrogens is 5. The normalized spacial score (nSPS) is 18.3. The second-order valence-corrected chi connectivity index (χ2v) is 10.9. The number of halogens is 1. The van der Waals surface area contributed by atoms with Crippen LogP contribution in [0, 0.1) is 0 Å². The number of fused-ring (bicyclic) bond motifs is 1. The topological polar surface area (TPSA) is 73.0 Å². The number of aryl methyl sites for hydroxylation is 1. The maximum Gasteiger partial charge on any atom is 0.129 e. The molecule has 1 N–H and O–H groups in total. The molecule has 2 aliphatic heterocycles. The SMILES string of the molecule is Cn1nc(-c2ccccn2)c2c1NCCSC2c1ccc(-c2cnn(CCN3CCOCC3)c2)cc1Cl. The van der Waals surface area contributed by atoms with Crippen molar-refractivity contribution in [3.63, 3.8) is 0 Å². The van der Waals surface area contributed by atoms with Crippen molar-refractivity contribution in [2.45, 2.75) is 11.8 Å². The van der Waals surface area contributed by atoms with E-state index in [0.717, 1.165) is 96.2 Å². The molecule has 192 valence electrons. The van der Waals surface area contributed by atoms with Crippen molar-refractivity contribution in [3.8, 4) is 22.5 Å². The maximum atomic E-state index is 6.98. The number of morpholine rings is 1. The Hall–Kier alpha value is -2.85. The average Bonchev–Trinajstić information content (AvgIpc) is 3.47. The summed E-state index contributed by atoms with van der Waals surface area (Å²) in [6, 6.07) is 12.3. The first-order chi connectivity index (χ1) is 18.2. The van der Waals surface area contributed by atoms with E-state index in [4.69, 9.17) is 21.4 Å². The first-order valence-electron chi connectivity index (χ1n) is 12.6. The van der Waals surface area contributed by atoms with Gasteiger partial charge in [0.05, 0.1) is 36.9 Å². The number of hydrogen-bond acceptors (Lipinski definition) is 7. The van der Waals surface area contributed by atoms with E-state index >= 15 is 0 Å². The van der Waals surface area contributed by atoms with Crippen molar-refractivity contribution in [1.29, 1.82) is 0 Å². The summed E-state index contributed by atoms with van der Waals surface area (Å²) in [5.74, 6) is 1.99. The van der Waals surface area contributed by atoms with E-state index < -0.39 is 0 Å². The number of benzene rings is 1. The highest BCUT2D eigenvalue weighted by molar-refractivity contribution is 7.99. The highest BCUT2D eigenvalue weighted by Crippen LogP contribution is 2.47. The molecule has 5 heterocycles. The van der Waals surface area contributed by atoms with Crippen LogP contribution in [-0.2, 0) is 18.3 Å². The van der Waals surface area contributed by atoms with Crippen molar-refractivity contribution in [1.82, 2.24) is 29.4 Å². The summed E-state index contributed by atoms with van der Waals surface area (Å²) in [5, 5.41) is 13.8. The van der Waals surface area contributed by atoms with Gasteiger partial charge in [0.25, 0.3) is 0 Å². The van der Waals surface area contributed by atoms with Crippen LogP contribution in [0.2, 0.25) is 5.02 Å². The molecule has 1 fully saturated rings. The Morgan fingerprint density at radius 2 is 2.03 bits per heavy atom. The van der Waals surface area contributed by atoms with Crippen LogP contribution in [0.25, 0.3) is 22.5 Å². The Labute approximate surface area is 226 Å².